The topological polar surface area (TPSA) is 83.7 Å². The Labute approximate surface area is 156 Å². The van der Waals surface area contributed by atoms with E-state index < -0.39 is 5.97 Å². The number of rotatable bonds is 5. The number of hydrogen-bond acceptors (Lipinski definition) is 3. The Bertz CT molecular complexity index is 1000. The van der Waals surface area contributed by atoms with Crippen LogP contribution in [0.1, 0.15) is 37.7 Å². The highest BCUT2D eigenvalue weighted by Crippen LogP contribution is 2.20. The molecule has 0 radical (unpaired) electrons. The molecule has 0 atom stereocenters. The van der Waals surface area contributed by atoms with Gasteiger partial charge in [-0.25, -0.2) is 10.2 Å². The third-order valence-electron chi connectivity index (χ3n) is 4.23. The van der Waals surface area contributed by atoms with E-state index in [2.05, 4.69) is 10.5 Å². The number of hydrazone groups is 1. The Hall–Kier alpha value is -3.67. The van der Waals surface area contributed by atoms with Crippen LogP contribution in [0.2, 0.25) is 0 Å². The second-order valence-corrected chi connectivity index (χ2v) is 6.08. The summed E-state index contributed by atoms with van der Waals surface area (Å²) < 4.78 is 2.02. The normalized spacial score (nSPS) is 10.9. The van der Waals surface area contributed by atoms with Gasteiger partial charge in [0, 0.05) is 17.1 Å². The maximum absolute atomic E-state index is 12.5. The number of nitrogens with one attached hydrogen (secondary N) is 1. The van der Waals surface area contributed by atoms with Crippen molar-refractivity contribution in [3.05, 3.63) is 88.7 Å². The van der Waals surface area contributed by atoms with Crippen LogP contribution in [0.4, 0.5) is 0 Å². The lowest BCUT2D eigenvalue weighted by Crippen LogP contribution is -2.18. The summed E-state index contributed by atoms with van der Waals surface area (Å²) in [4.78, 5) is 23.3. The quantitative estimate of drug-likeness (QED) is 0.538. The van der Waals surface area contributed by atoms with Gasteiger partial charge in [-0.3, -0.25) is 4.79 Å². The number of benzene rings is 2. The Morgan fingerprint density at radius 3 is 2.33 bits per heavy atom. The summed E-state index contributed by atoms with van der Waals surface area (Å²) in [7, 11) is 0. The number of carboxylic acid groups (broad SMARTS) is 1. The van der Waals surface area contributed by atoms with Crippen LogP contribution in [0.15, 0.2) is 65.8 Å². The highest BCUT2D eigenvalue weighted by atomic mass is 16.4. The van der Waals surface area contributed by atoms with E-state index in [-0.39, 0.29) is 11.5 Å². The maximum atomic E-state index is 12.5. The molecule has 6 heteroatoms. The molecule has 1 aromatic heterocycles. The predicted octanol–water partition coefficient (Wildman–Crippen LogP) is 3.56. The summed E-state index contributed by atoms with van der Waals surface area (Å²) in [6.07, 6.45) is 1.47. The average Bonchev–Trinajstić information content (AvgIpc) is 2.97. The first-order valence-electron chi connectivity index (χ1n) is 8.38. The molecule has 1 heterocycles. The van der Waals surface area contributed by atoms with Crippen LogP contribution < -0.4 is 5.43 Å². The molecule has 6 nitrogen and oxygen atoms in total. The van der Waals surface area contributed by atoms with E-state index in [1.54, 1.807) is 12.1 Å². The molecule has 0 aliphatic rings. The summed E-state index contributed by atoms with van der Waals surface area (Å²) >= 11 is 0. The Morgan fingerprint density at radius 1 is 1.04 bits per heavy atom. The second kappa shape index (κ2) is 7.70. The van der Waals surface area contributed by atoms with E-state index in [1.165, 1.54) is 18.3 Å². The van der Waals surface area contributed by atoms with Gasteiger partial charge in [-0.05, 0) is 49.7 Å². The van der Waals surface area contributed by atoms with Crippen LogP contribution in [0.3, 0.4) is 0 Å². The predicted molar refractivity (Wildman–Crippen MR) is 104 cm³/mol. The Balaban J connectivity index is 1.74. The number of aryl methyl sites for hydroxylation is 1. The standard InChI is InChI=1S/C21H19N3O3/c1-14-12-19(15(2)24(14)18-6-4-3-5-7-18)20(25)23-22-13-16-8-10-17(11-9-16)21(26)27/h3-13H,1-2H3,(H,23,25)(H,26,27). The summed E-state index contributed by atoms with van der Waals surface area (Å²) in [5.41, 5.74) is 6.74. The molecule has 0 bridgehead atoms. The van der Waals surface area contributed by atoms with Gasteiger partial charge < -0.3 is 9.67 Å². The first kappa shape index (κ1) is 18.1. The zero-order chi connectivity index (χ0) is 19.4. The third-order valence-corrected chi connectivity index (χ3v) is 4.23. The molecular weight excluding hydrogens is 342 g/mol. The third kappa shape index (κ3) is 3.95. The SMILES string of the molecule is Cc1cc(C(=O)NN=Cc2ccc(C(=O)O)cc2)c(C)n1-c1ccccc1. The Kier molecular flexibility index (Phi) is 5.17. The van der Waals surface area contributed by atoms with Crippen molar-refractivity contribution in [3.63, 3.8) is 0 Å². The van der Waals surface area contributed by atoms with Crippen LogP contribution in [0.25, 0.3) is 5.69 Å². The van der Waals surface area contributed by atoms with E-state index in [4.69, 9.17) is 5.11 Å². The van der Waals surface area contributed by atoms with Crippen molar-refractivity contribution in [1.82, 2.24) is 9.99 Å². The minimum Gasteiger partial charge on any atom is -0.478 e. The molecule has 0 aliphatic heterocycles. The fourth-order valence-electron chi connectivity index (χ4n) is 2.90. The summed E-state index contributed by atoms with van der Waals surface area (Å²) in [6, 6.07) is 17.9. The van der Waals surface area contributed by atoms with Gasteiger partial charge in [-0.1, -0.05) is 30.3 Å². The van der Waals surface area contributed by atoms with Crippen molar-refractivity contribution >= 4 is 18.1 Å². The van der Waals surface area contributed by atoms with Crippen molar-refractivity contribution in [1.29, 1.82) is 0 Å². The van der Waals surface area contributed by atoms with E-state index >= 15 is 0 Å². The molecule has 0 saturated carbocycles. The highest BCUT2D eigenvalue weighted by Gasteiger charge is 2.16. The van der Waals surface area contributed by atoms with E-state index in [9.17, 15) is 9.59 Å². The van der Waals surface area contributed by atoms with Gasteiger partial charge in [-0.15, -0.1) is 0 Å². The van der Waals surface area contributed by atoms with Gasteiger partial charge in [0.1, 0.15) is 0 Å². The summed E-state index contributed by atoms with van der Waals surface area (Å²) in [6.45, 7) is 3.84. The van der Waals surface area contributed by atoms with Gasteiger partial charge in [0.15, 0.2) is 0 Å². The fraction of sp³-hybridized carbons (Fsp3) is 0.0952. The van der Waals surface area contributed by atoms with Crippen molar-refractivity contribution in [2.75, 3.05) is 0 Å². The molecule has 2 aromatic carbocycles. The molecule has 0 spiro atoms. The molecule has 27 heavy (non-hydrogen) atoms. The van der Waals surface area contributed by atoms with Crippen LogP contribution in [0, 0.1) is 13.8 Å². The van der Waals surface area contributed by atoms with Crippen molar-refractivity contribution in [2.24, 2.45) is 5.10 Å². The molecule has 0 fully saturated rings. The lowest BCUT2D eigenvalue weighted by atomic mass is 10.1. The minimum atomic E-state index is -0.986. The minimum absolute atomic E-state index is 0.199. The van der Waals surface area contributed by atoms with E-state index in [0.717, 1.165) is 17.1 Å². The number of carboxylic acids is 1. The smallest absolute Gasteiger partial charge is 0.335 e. The number of hydrogen-bond donors (Lipinski definition) is 2. The second-order valence-electron chi connectivity index (χ2n) is 6.08. The number of carbonyl (C=O) groups is 2. The zero-order valence-corrected chi connectivity index (χ0v) is 15.0. The number of aromatic nitrogens is 1. The van der Waals surface area contributed by atoms with Crippen LogP contribution in [0.5, 0.6) is 0 Å². The average molecular weight is 361 g/mol. The molecule has 3 aromatic rings. The van der Waals surface area contributed by atoms with Gasteiger partial charge in [0.2, 0.25) is 0 Å². The lowest BCUT2D eigenvalue weighted by molar-refractivity contribution is 0.0696. The van der Waals surface area contributed by atoms with Gasteiger partial charge >= 0.3 is 5.97 Å². The number of para-hydroxylation sites is 1. The lowest BCUT2D eigenvalue weighted by Gasteiger charge is -2.09. The fourth-order valence-corrected chi connectivity index (χ4v) is 2.90. The maximum Gasteiger partial charge on any atom is 0.335 e. The van der Waals surface area contributed by atoms with Crippen molar-refractivity contribution in [2.45, 2.75) is 13.8 Å². The molecule has 0 saturated heterocycles. The zero-order valence-electron chi connectivity index (χ0n) is 15.0. The number of nitrogens with zero attached hydrogens (tertiary/aromatic N) is 2. The molecule has 136 valence electrons. The van der Waals surface area contributed by atoms with Crippen molar-refractivity contribution in [3.8, 4) is 5.69 Å². The molecule has 1 amide bonds. The molecule has 0 unspecified atom stereocenters. The highest BCUT2D eigenvalue weighted by molar-refractivity contribution is 5.96. The summed E-state index contributed by atoms with van der Waals surface area (Å²) in [5, 5.41) is 12.9. The van der Waals surface area contributed by atoms with Crippen molar-refractivity contribution < 1.29 is 14.7 Å². The van der Waals surface area contributed by atoms with E-state index in [0.29, 0.717) is 11.1 Å². The molecule has 0 aliphatic carbocycles. The first-order chi connectivity index (χ1) is 13.0. The first-order valence-corrected chi connectivity index (χ1v) is 8.38. The number of carbonyl (C=O) groups excluding carboxylic acids is 1. The van der Waals surface area contributed by atoms with Crippen LogP contribution in [-0.2, 0) is 0 Å². The Morgan fingerprint density at radius 2 is 1.70 bits per heavy atom. The van der Waals surface area contributed by atoms with Crippen LogP contribution in [-0.4, -0.2) is 27.8 Å². The largest absolute Gasteiger partial charge is 0.478 e. The number of aromatic carboxylic acids is 1. The monoisotopic (exact) mass is 361 g/mol. The van der Waals surface area contributed by atoms with Crippen LogP contribution >= 0.6 is 0 Å². The van der Waals surface area contributed by atoms with Gasteiger partial charge in [0.25, 0.3) is 5.91 Å². The van der Waals surface area contributed by atoms with Gasteiger partial charge in [-0.2, -0.15) is 5.10 Å². The summed E-state index contributed by atoms with van der Waals surface area (Å²) in [5.74, 6) is -1.29. The molecular formula is C21H19N3O3. The van der Waals surface area contributed by atoms with Gasteiger partial charge in [0.05, 0.1) is 17.3 Å². The molecule has 3 rings (SSSR count). The molecule has 2 N–H and O–H groups in total. The van der Waals surface area contributed by atoms with E-state index in [1.807, 2.05) is 54.8 Å². The number of amides is 1.